The summed E-state index contributed by atoms with van der Waals surface area (Å²) in [6.45, 7) is 4.35. The Labute approximate surface area is 111 Å². The van der Waals surface area contributed by atoms with Gasteiger partial charge in [-0.2, -0.15) is 0 Å². The molecule has 2 unspecified atom stereocenters. The molecule has 0 aliphatic heterocycles. The summed E-state index contributed by atoms with van der Waals surface area (Å²) in [4.78, 5) is 14.7. The van der Waals surface area contributed by atoms with Crippen LogP contribution in [-0.4, -0.2) is 40.1 Å². The molecule has 2 atom stereocenters. The molecule has 1 rings (SSSR count). The summed E-state index contributed by atoms with van der Waals surface area (Å²) in [5.41, 5.74) is 0. The molecule has 1 heterocycles. The van der Waals surface area contributed by atoms with Crippen LogP contribution < -0.4 is 0 Å². The van der Waals surface area contributed by atoms with Crippen molar-refractivity contribution in [2.24, 2.45) is 0 Å². The molecule has 0 aliphatic carbocycles. The normalized spacial score (nSPS) is 14.4. The first-order chi connectivity index (χ1) is 8.00. The van der Waals surface area contributed by atoms with Gasteiger partial charge in [0, 0.05) is 17.2 Å². The summed E-state index contributed by atoms with van der Waals surface area (Å²) in [6, 6.07) is 4.02. The second-order valence-electron chi connectivity index (χ2n) is 4.09. The maximum Gasteiger partial charge on any atom is 0.232 e. The lowest BCUT2D eigenvalue weighted by atomic mass is 10.3. The minimum atomic E-state index is -0.379. The van der Waals surface area contributed by atoms with Crippen LogP contribution in [0.4, 0.5) is 0 Å². The van der Waals surface area contributed by atoms with Gasteiger partial charge < -0.3 is 10.0 Å². The van der Waals surface area contributed by atoms with E-state index in [0.29, 0.717) is 12.3 Å². The van der Waals surface area contributed by atoms with E-state index < -0.39 is 0 Å². The topological polar surface area (TPSA) is 40.5 Å². The quantitative estimate of drug-likeness (QED) is 0.864. The highest BCUT2D eigenvalue weighted by Crippen LogP contribution is 2.16. The van der Waals surface area contributed by atoms with Crippen molar-refractivity contribution in [1.29, 1.82) is 0 Å². The molecule has 1 aromatic rings. The Morgan fingerprint density at radius 3 is 2.82 bits per heavy atom. The van der Waals surface area contributed by atoms with Gasteiger partial charge in [-0.1, -0.05) is 13.0 Å². The zero-order chi connectivity index (χ0) is 12.8. The molecule has 1 N–H and O–H groups in total. The van der Waals surface area contributed by atoms with Gasteiger partial charge in [0.25, 0.3) is 0 Å². The van der Waals surface area contributed by atoms with E-state index in [-0.39, 0.29) is 17.3 Å². The van der Waals surface area contributed by atoms with Crippen LogP contribution in [0.5, 0.6) is 0 Å². The van der Waals surface area contributed by atoms with Crippen molar-refractivity contribution in [1.82, 2.24) is 4.90 Å². The van der Waals surface area contributed by atoms with Crippen LogP contribution >= 0.6 is 23.1 Å². The number of carbonyl (C=O) groups is 1. The highest BCUT2D eigenvalue weighted by atomic mass is 32.2. The Balaban J connectivity index is 2.32. The molecule has 1 amide bonds. The monoisotopic (exact) mass is 273 g/mol. The molecule has 3 nitrogen and oxygen atoms in total. The van der Waals surface area contributed by atoms with Gasteiger partial charge in [0.1, 0.15) is 0 Å². The maximum atomic E-state index is 11.8. The van der Waals surface area contributed by atoms with Crippen molar-refractivity contribution in [3.8, 4) is 0 Å². The van der Waals surface area contributed by atoms with Gasteiger partial charge in [-0.25, -0.2) is 0 Å². The minimum absolute atomic E-state index is 0.0917. The third kappa shape index (κ3) is 5.10. The highest BCUT2D eigenvalue weighted by Gasteiger charge is 2.14. The third-order valence-corrected chi connectivity index (χ3v) is 4.74. The summed E-state index contributed by atoms with van der Waals surface area (Å²) >= 11 is 3.15. The van der Waals surface area contributed by atoms with Gasteiger partial charge in [-0.05, 0) is 18.4 Å². The van der Waals surface area contributed by atoms with Crippen molar-refractivity contribution in [2.75, 3.05) is 12.8 Å². The van der Waals surface area contributed by atoms with E-state index in [0.717, 1.165) is 0 Å². The summed E-state index contributed by atoms with van der Waals surface area (Å²) in [6.07, 6.45) is -0.379. The van der Waals surface area contributed by atoms with Gasteiger partial charge >= 0.3 is 0 Å². The maximum absolute atomic E-state index is 11.8. The van der Waals surface area contributed by atoms with Crippen molar-refractivity contribution < 1.29 is 9.90 Å². The zero-order valence-corrected chi connectivity index (χ0v) is 12.1. The number of aliphatic hydroxyl groups excluding tert-OH is 1. The molecule has 0 saturated heterocycles. The van der Waals surface area contributed by atoms with Crippen LogP contribution in [0.15, 0.2) is 17.5 Å². The van der Waals surface area contributed by atoms with Gasteiger partial charge in [0.2, 0.25) is 5.91 Å². The van der Waals surface area contributed by atoms with Crippen LogP contribution in [0.25, 0.3) is 0 Å². The van der Waals surface area contributed by atoms with Gasteiger partial charge in [0.05, 0.1) is 18.4 Å². The molecular formula is C12H19NO2S2. The number of aliphatic hydroxyl groups is 1. The Bertz CT molecular complexity index is 338. The molecule has 0 saturated carbocycles. The predicted octanol–water partition coefficient (Wildman–Crippen LogP) is 2.21. The summed E-state index contributed by atoms with van der Waals surface area (Å²) in [5.74, 6) is 0.532. The first-order valence-electron chi connectivity index (χ1n) is 5.56. The molecule has 0 spiro atoms. The first kappa shape index (κ1) is 14.5. The van der Waals surface area contributed by atoms with Crippen molar-refractivity contribution in [2.45, 2.75) is 31.7 Å². The highest BCUT2D eigenvalue weighted by molar-refractivity contribution is 8.00. The molecule has 5 heteroatoms. The fourth-order valence-corrected chi connectivity index (χ4v) is 2.84. The molecule has 1 aromatic heterocycles. The average molecular weight is 273 g/mol. The number of nitrogens with zero attached hydrogens (tertiary/aromatic N) is 1. The summed E-state index contributed by atoms with van der Waals surface area (Å²) in [5, 5.41) is 11.4. The second kappa shape index (κ2) is 7.03. The van der Waals surface area contributed by atoms with E-state index in [1.807, 2.05) is 31.5 Å². The lowest BCUT2D eigenvalue weighted by Gasteiger charge is -2.18. The largest absolute Gasteiger partial charge is 0.392 e. The molecule has 0 radical (unpaired) electrons. The molecule has 0 bridgehead atoms. The van der Waals surface area contributed by atoms with Gasteiger partial charge in [-0.3, -0.25) is 4.79 Å². The smallest absolute Gasteiger partial charge is 0.232 e. The molecule has 0 aromatic carbocycles. The number of thiophene rings is 1. The second-order valence-corrected chi connectivity index (χ2v) is 6.48. The van der Waals surface area contributed by atoms with E-state index in [2.05, 4.69) is 0 Å². The Morgan fingerprint density at radius 1 is 1.59 bits per heavy atom. The average Bonchev–Trinajstić information content (AvgIpc) is 2.77. The van der Waals surface area contributed by atoms with Crippen LogP contribution in [-0.2, 0) is 11.3 Å². The molecular weight excluding hydrogens is 254 g/mol. The Hall–Kier alpha value is -0.520. The van der Waals surface area contributed by atoms with Crippen molar-refractivity contribution in [3.63, 3.8) is 0 Å². The fourth-order valence-electron chi connectivity index (χ4n) is 1.18. The summed E-state index contributed by atoms with van der Waals surface area (Å²) in [7, 11) is 1.82. The van der Waals surface area contributed by atoms with Crippen molar-refractivity contribution in [3.05, 3.63) is 22.4 Å². The van der Waals surface area contributed by atoms with E-state index in [1.54, 1.807) is 23.2 Å². The number of rotatable bonds is 6. The Kier molecular flexibility index (Phi) is 6.02. The SMILES string of the molecule is CC(O)C(C)SCC(=O)N(C)Cc1cccs1. The summed E-state index contributed by atoms with van der Waals surface area (Å²) < 4.78 is 0. The van der Waals surface area contributed by atoms with Crippen LogP contribution in [0, 0.1) is 0 Å². The minimum Gasteiger partial charge on any atom is -0.392 e. The standard InChI is InChI=1S/C12H19NO2S2/c1-9(14)10(2)17-8-12(15)13(3)7-11-5-4-6-16-11/h4-6,9-10,14H,7-8H2,1-3H3. The number of hydrogen-bond donors (Lipinski definition) is 1. The van der Waals surface area contributed by atoms with Gasteiger partial charge in [0.15, 0.2) is 0 Å². The van der Waals surface area contributed by atoms with Crippen molar-refractivity contribution >= 4 is 29.0 Å². The van der Waals surface area contributed by atoms with Crippen LogP contribution in [0.1, 0.15) is 18.7 Å². The van der Waals surface area contributed by atoms with Crippen LogP contribution in [0.3, 0.4) is 0 Å². The van der Waals surface area contributed by atoms with E-state index in [9.17, 15) is 9.90 Å². The number of thioether (sulfide) groups is 1. The number of carbonyl (C=O) groups excluding carboxylic acids is 1. The fraction of sp³-hybridized carbons (Fsp3) is 0.583. The van der Waals surface area contributed by atoms with E-state index in [1.165, 1.54) is 16.6 Å². The molecule has 17 heavy (non-hydrogen) atoms. The molecule has 0 fully saturated rings. The van der Waals surface area contributed by atoms with E-state index >= 15 is 0 Å². The van der Waals surface area contributed by atoms with Crippen LogP contribution in [0.2, 0.25) is 0 Å². The third-order valence-electron chi connectivity index (χ3n) is 2.55. The molecule has 96 valence electrons. The Morgan fingerprint density at radius 2 is 2.29 bits per heavy atom. The van der Waals surface area contributed by atoms with E-state index in [4.69, 9.17) is 0 Å². The predicted molar refractivity (Wildman–Crippen MR) is 74.4 cm³/mol. The first-order valence-corrected chi connectivity index (χ1v) is 7.49. The number of hydrogen-bond acceptors (Lipinski definition) is 4. The number of amides is 1. The zero-order valence-electron chi connectivity index (χ0n) is 10.4. The lowest BCUT2D eigenvalue weighted by molar-refractivity contribution is -0.127. The van der Waals surface area contributed by atoms with Gasteiger partial charge in [-0.15, -0.1) is 23.1 Å². The lowest BCUT2D eigenvalue weighted by Crippen LogP contribution is -2.29. The molecule has 0 aliphatic rings.